The minimum absolute atomic E-state index is 0.0628. The van der Waals surface area contributed by atoms with Gasteiger partial charge in [-0.3, -0.25) is 9.69 Å². The van der Waals surface area contributed by atoms with Gasteiger partial charge in [0, 0.05) is 39.3 Å². The molecule has 0 bridgehead atoms. The lowest BCUT2D eigenvalue weighted by atomic mass is 10.4. The fourth-order valence-electron chi connectivity index (χ4n) is 2.21. The summed E-state index contributed by atoms with van der Waals surface area (Å²) in [6, 6.07) is 0.0668. The standard InChI is InChI=1S/C12H23N3O3/c1-3-14(4-2)12(18)15-7-5-6-13(8-9-15)10-11(16)17/h3-10H2,1-2H3,(H,16,17). The second kappa shape index (κ2) is 7.20. The van der Waals surface area contributed by atoms with Crippen molar-refractivity contribution in [3.63, 3.8) is 0 Å². The Bertz CT molecular complexity index is 292. The number of urea groups is 1. The number of carbonyl (C=O) groups excluding carboxylic acids is 1. The smallest absolute Gasteiger partial charge is 0.320 e. The summed E-state index contributed by atoms with van der Waals surface area (Å²) in [5.74, 6) is -0.807. The largest absolute Gasteiger partial charge is 0.480 e. The molecule has 0 unspecified atom stereocenters. The van der Waals surface area contributed by atoms with Crippen LogP contribution in [-0.2, 0) is 4.79 Å². The maximum absolute atomic E-state index is 12.2. The predicted octanol–water partition coefficient (Wildman–Crippen LogP) is 0.540. The van der Waals surface area contributed by atoms with Gasteiger partial charge in [-0.25, -0.2) is 4.79 Å². The minimum Gasteiger partial charge on any atom is -0.480 e. The van der Waals surface area contributed by atoms with Crippen molar-refractivity contribution in [1.82, 2.24) is 14.7 Å². The zero-order valence-electron chi connectivity index (χ0n) is 11.3. The Morgan fingerprint density at radius 2 is 1.78 bits per heavy atom. The van der Waals surface area contributed by atoms with Crippen molar-refractivity contribution in [2.24, 2.45) is 0 Å². The Balaban J connectivity index is 2.50. The Hall–Kier alpha value is -1.30. The van der Waals surface area contributed by atoms with Gasteiger partial charge in [-0.1, -0.05) is 0 Å². The molecule has 1 N–H and O–H groups in total. The number of aliphatic carboxylic acids is 1. The lowest BCUT2D eigenvalue weighted by Crippen LogP contribution is -2.44. The molecule has 0 aromatic carbocycles. The van der Waals surface area contributed by atoms with Crippen molar-refractivity contribution in [3.05, 3.63) is 0 Å². The summed E-state index contributed by atoms with van der Waals surface area (Å²) in [7, 11) is 0. The number of nitrogens with zero attached hydrogens (tertiary/aromatic N) is 3. The maximum Gasteiger partial charge on any atom is 0.320 e. The van der Waals surface area contributed by atoms with Crippen molar-refractivity contribution < 1.29 is 14.7 Å². The van der Waals surface area contributed by atoms with E-state index in [1.54, 1.807) is 4.90 Å². The van der Waals surface area contributed by atoms with Crippen molar-refractivity contribution in [2.45, 2.75) is 20.3 Å². The van der Waals surface area contributed by atoms with E-state index < -0.39 is 5.97 Å². The Labute approximate surface area is 108 Å². The van der Waals surface area contributed by atoms with E-state index in [4.69, 9.17) is 5.11 Å². The average Bonchev–Trinajstić information content (AvgIpc) is 2.55. The van der Waals surface area contributed by atoms with Gasteiger partial charge in [0.1, 0.15) is 0 Å². The van der Waals surface area contributed by atoms with Crippen LogP contribution in [0.2, 0.25) is 0 Å². The minimum atomic E-state index is -0.807. The highest BCUT2D eigenvalue weighted by Gasteiger charge is 2.22. The van der Waals surface area contributed by atoms with E-state index in [1.807, 2.05) is 23.6 Å². The first kappa shape index (κ1) is 14.8. The molecule has 0 spiro atoms. The van der Waals surface area contributed by atoms with Crippen LogP contribution in [0.1, 0.15) is 20.3 Å². The molecule has 0 aromatic rings. The van der Waals surface area contributed by atoms with Gasteiger partial charge in [0.15, 0.2) is 0 Å². The Kier molecular flexibility index (Phi) is 5.91. The van der Waals surface area contributed by atoms with E-state index in [0.717, 1.165) is 13.0 Å². The topological polar surface area (TPSA) is 64.1 Å². The molecule has 6 heteroatoms. The molecule has 2 amide bonds. The van der Waals surface area contributed by atoms with Crippen LogP contribution in [0.25, 0.3) is 0 Å². The summed E-state index contributed by atoms with van der Waals surface area (Å²) in [6.45, 7) is 8.14. The molecule has 1 fully saturated rings. The number of hydrogen-bond donors (Lipinski definition) is 1. The monoisotopic (exact) mass is 257 g/mol. The average molecular weight is 257 g/mol. The molecule has 104 valence electrons. The number of amides is 2. The van der Waals surface area contributed by atoms with Crippen molar-refractivity contribution in [2.75, 3.05) is 45.8 Å². The third kappa shape index (κ3) is 4.18. The zero-order valence-corrected chi connectivity index (χ0v) is 11.3. The van der Waals surface area contributed by atoms with Gasteiger partial charge in [-0.05, 0) is 20.3 Å². The number of carboxylic acid groups (broad SMARTS) is 1. The number of rotatable bonds is 4. The van der Waals surface area contributed by atoms with Crippen LogP contribution >= 0.6 is 0 Å². The molecule has 1 aliphatic heterocycles. The summed E-state index contributed by atoms with van der Waals surface area (Å²) < 4.78 is 0. The van der Waals surface area contributed by atoms with Crippen molar-refractivity contribution in [1.29, 1.82) is 0 Å². The van der Waals surface area contributed by atoms with Gasteiger partial charge < -0.3 is 14.9 Å². The predicted molar refractivity (Wildman–Crippen MR) is 68.6 cm³/mol. The molecular weight excluding hydrogens is 234 g/mol. The molecule has 0 radical (unpaired) electrons. The van der Waals surface area contributed by atoms with E-state index in [0.29, 0.717) is 32.7 Å². The molecule has 18 heavy (non-hydrogen) atoms. The summed E-state index contributed by atoms with van der Waals surface area (Å²) in [4.78, 5) is 28.3. The summed E-state index contributed by atoms with van der Waals surface area (Å²) in [5.41, 5.74) is 0. The SMILES string of the molecule is CCN(CC)C(=O)N1CCCN(CC(=O)O)CC1. The highest BCUT2D eigenvalue weighted by molar-refractivity contribution is 5.74. The van der Waals surface area contributed by atoms with Gasteiger partial charge in [0.2, 0.25) is 0 Å². The molecule has 0 saturated carbocycles. The molecular formula is C12H23N3O3. The van der Waals surface area contributed by atoms with Gasteiger partial charge in [-0.2, -0.15) is 0 Å². The van der Waals surface area contributed by atoms with E-state index in [-0.39, 0.29) is 12.6 Å². The number of carbonyl (C=O) groups is 2. The van der Waals surface area contributed by atoms with Crippen molar-refractivity contribution >= 4 is 12.0 Å². The second-order valence-corrected chi connectivity index (χ2v) is 4.47. The van der Waals surface area contributed by atoms with Crippen LogP contribution in [0.4, 0.5) is 4.79 Å². The maximum atomic E-state index is 12.2. The highest BCUT2D eigenvalue weighted by atomic mass is 16.4. The molecule has 1 saturated heterocycles. The second-order valence-electron chi connectivity index (χ2n) is 4.47. The summed E-state index contributed by atoms with van der Waals surface area (Å²) in [5, 5.41) is 8.77. The summed E-state index contributed by atoms with van der Waals surface area (Å²) in [6.07, 6.45) is 0.834. The van der Waals surface area contributed by atoms with Crippen LogP contribution in [-0.4, -0.2) is 77.6 Å². The fraction of sp³-hybridized carbons (Fsp3) is 0.833. The van der Waals surface area contributed by atoms with E-state index in [2.05, 4.69) is 0 Å². The molecule has 0 aromatic heterocycles. The third-order valence-electron chi connectivity index (χ3n) is 3.25. The van der Waals surface area contributed by atoms with Crippen LogP contribution < -0.4 is 0 Å². The highest BCUT2D eigenvalue weighted by Crippen LogP contribution is 2.06. The van der Waals surface area contributed by atoms with Crippen LogP contribution in [0.5, 0.6) is 0 Å². The van der Waals surface area contributed by atoms with E-state index >= 15 is 0 Å². The van der Waals surface area contributed by atoms with Gasteiger partial charge in [-0.15, -0.1) is 0 Å². The number of hydrogen-bond acceptors (Lipinski definition) is 3. The van der Waals surface area contributed by atoms with Crippen LogP contribution in [0, 0.1) is 0 Å². The summed E-state index contributed by atoms with van der Waals surface area (Å²) >= 11 is 0. The molecule has 6 nitrogen and oxygen atoms in total. The zero-order chi connectivity index (χ0) is 13.5. The quantitative estimate of drug-likeness (QED) is 0.798. The van der Waals surface area contributed by atoms with Crippen LogP contribution in [0.15, 0.2) is 0 Å². The molecule has 0 aliphatic carbocycles. The molecule has 0 atom stereocenters. The first-order valence-corrected chi connectivity index (χ1v) is 6.56. The molecule has 1 aliphatic rings. The lowest BCUT2D eigenvalue weighted by Gasteiger charge is -2.28. The number of carboxylic acids is 1. The van der Waals surface area contributed by atoms with E-state index in [9.17, 15) is 9.59 Å². The van der Waals surface area contributed by atoms with Gasteiger partial charge in [0.25, 0.3) is 0 Å². The van der Waals surface area contributed by atoms with E-state index in [1.165, 1.54) is 0 Å². The van der Waals surface area contributed by atoms with Crippen LogP contribution in [0.3, 0.4) is 0 Å². The third-order valence-corrected chi connectivity index (χ3v) is 3.25. The Morgan fingerprint density at radius 1 is 1.11 bits per heavy atom. The molecule has 1 heterocycles. The first-order valence-electron chi connectivity index (χ1n) is 6.56. The van der Waals surface area contributed by atoms with Gasteiger partial charge >= 0.3 is 12.0 Å². The Morgan fingerprint density at radius 3 is 2.33 bits per heavy atom. The normalized spacial score (nSPS) is 17.3. The first-order chi connectivity index (χ1) is 8.58. The molecule has 1 rings (SSSR count). The lowest BCUT2D eigenvalue weighted by molar-refractivity contribution is -0.138. The van der Waals surface area contributed by atoms with Gasteiger partial charge in [0.05, 0.1) is 6.54 Å². The fourth-order valence-corrected chi connectivity index (χ4v) is 2.21. The van der Waals surface area contributed by atoms with Crippen molar-refractivity contribution in [3.8, 4) is 0 Å².